The fraction of sp³-hybridized carbons (Fsp3) is 0.789. The molecule has 4 aliphatic carbocycles. The number of fused-ring (bicyclic) bond motifs is 5. The van der Waals surface area contributed by atoms with Gasteiger partial charge < -0.3 is 77.3 Å². The molecule has 4 N–H and O–H groups in total. The second-order valence-electron chi connectivity index (χ2n) is 23.3. The van der Waals surface area contributed by atoms with Crippen molar-refractivity contribution in [2.75, 3.05) is 21.3 Å². The highest BCUT2D eigenvalue weighted by Crippen LogP contribution is 2.70. The van der Waals surface area contributed by atoms with Crippen molar-refractivity contribution in [3.63, 3.8) is 0 Å². The van der Waals surface area contributed by atoms with Gasteiger partial charge in [0.25, 0.3) is 0 Å². The summed E-state index contributed by atoms with van der Waals surface area (Å²) in [5, 5.41) is 47.9. The Morgan fingerprint density at radius 2 is 1.23 bits per heavy atom. The molecule has 4 heterocycles. The molecule has 0 unspecified atom stereocenters. The Balaban J connectivity index is 0.793. The van der Waals surface area contributed by atoms with Gasteiger partial charge in [0, 0.05) is 70.3 Å². The van der Waals surface area contributed by atoms with Crippen molar-refractivity contribution in [2.24, 2.45) is 22.7 Å². The van der Waals surface area contributed by atoms with E-state index in [1.54, 1.807) is 34.3 Å². The van der Waals surface area contributed by atoms with E-state index in [4.69, 9.17) is 56.8 Å². The summed E-state index contributed by atoms with van der Waals surface area (Å²) in [6, 6.07) is 9.45. The summed E-state index contributed by atoms with van der Waals surface area (Å²) in [6.45, 7) is 12.9. The Labute approximate surface area is 441 Å². The molecule has 1 aromatic rings. The lowest BCUT2D eigenvalue weighted by Crippen LogP contribution is -2.75. The van der Waals surface area contributed by atoms with Crippen molar-refractivity contribution < 1.29 is 86.9 Å². The van der Waals surface area contributed by atoms with Crippen LogP contribution in [-0.4, -0.2) is 175 Å². The summed E-state index contributed by atoms with van der Waals surface area (Å²) >= 11 is 0. The molecular formula is C57H84O18. The van der Waals surface area contributed by atoms with Gasteiger partial charge in [0.15, 0.2) is 25.2 Å². The van der Waals surface area contributed by atoms with Crippen LogP contribution in [0.25, 0.3) is 6.08 Å². The smallest absolute Gasteiger partial charge is 0.331 e. The number of rotatable bonds is 15. The van der Waals surface area contributed by atoms with Crippen molar-refractivity contribution >= 4 is 17.8 Å². The maximum Gasteiger partial charge on any atom is 0.331 e. The molecule has 18 nitrogen and oxygen atoms in total. The molecule has 0 aromatic heterocycles. The second kappa shape index (κ2) is 22.8. The molecule has 75 heavy (non-hydrogen) atoms. The first-order valence-electron chi connectivity index (χ1n) is 27.4. The Morgan fingerprint density at radius 1 is 0.680 bits per heavy atom. The monoisotopic (exact) mass is 1060 g/mol. The number of ether oxygens (including phenoxy) is 12. The molecule has 0 bridgehead atoms. The molecule has 4 aliphatic heterocycles. The number of esters is 1. The van der Waals surface area contributed by atoms with E-state index in [0.29, 0.717) is 44.9 Å². The van der Waals surface area contributed by atoms with Gasteiger partial charge in [-0.25, -0.2) is 4.79 Å². The minimum Gasteiger partial charge on any atom is -0.458 e. The van der Waals surface area contributed by atoms with Crippen molar-refractivity contribution in [1.29, 1.82) is 0 Å². The van der Waals surface area contributed by atoms with Crippen molar-refractivity contribution in [3.05, 3.63) is 53.6 Å². The molecule has 3 saturated carbocycles. The molecule has 9 rings (SSSR count). The standard InChI is InChI=1S/C57H84O18/c1-30(58)38-20-23-57(63)55(38,7)44(72-45(60)17-16-35-14-12-11-13-15-35)29-43-54(6)21-19-37(24-36(54)18-22-56(43,57)62)71-47-27-41(65-9)52(33(4)69-47)74-46-25-39(59)51(32(3)68-46)73-49-28-42(66-10)53(34(5)70-49)75-48-26-40(64-8)50(61)31(2)67-48/h11-18,31-34,37-44,46-53,59,61-63H,19-29H2,1-10H3/b17-16+/t31-,32-,33-,34-,37+,38+,39+,40-,41+,42+,43-,44-,46+,47+,48+,49+,50-,51-,52-,53-,54+,55+,56+,57-/m1/s1. The largest absolute Gasteiger partial charge is 0.458 e. The lowest BCUT2D eigenvalue weighted by Gasteiger charge is -2.66. The minimum atomic E-state index is -1.69. The summed E-state index contributed by atoms with van der Waals surface area (Å²) in [4.78, 5) is 26.8. The van der Waals surface area contributed by atoms with Gasteiger partial charge in [-0.15, -0.1) is 0 Å². The molecule has 7 fully saturated rings. The van der Waals surface area contributed by atoms with Crippen molar-refractivity contribution in [3.8, 4) is 0 Å². The number of Topliss-reactive ketones (excluding diaryl/α,β-unsaturated/α-hetero) is 1. The maximum absolute atomic E-state index is 13.6. The quantitative estimate of drug-likeness (QED) is 0.0971. The summed E-state index contributed by atoms with van der Waals surface area (Å²) in [7, 11) is 4.79. The molecule has 420 valence electrons. The SMILES string of the molecule is CO[C@H]1C[C@H](O[C@H]2CC[C@@]3(C)C(=CC[C@]4(O)[C@@H]3C[C@@H](OC(=O)/C=C/c3ccccc3)[C@]3(C)[C@H](C(C)=O)CC[C@@]34O)C2)O[C@H](C)[C@H]1O[C@H]1C[C@H](O)[C@H](O[C@H]2C[C@H](OC)[C@H](O[C@H]3C[C@@H](OC)[C@H](O)[C@@H](C)O3)[C@@H](C)O2)[C@@H](C)O1. The number of carbonyl (C=O) groups excluding carboxylic acids is 2. The first-order valence-corrected chi connectivity index (χ1v) is 27.4. The van der Waals surface area contributed by atoms with E-state index in [9.17, 15) is 30.0 Å². The van der Waals surface area contributed by atoms with E-state index in [1.807, 2.05) is 58.0 Å². The Kier molecular flexibility index (Phi) is 17.3. The van der Waals surface area contributed by atoms with Crippen LogP contribution in [0.1, 0.15) is 125 Å². The first-order chi connectivity index (χ1) is 35.7. The van der Waals surface area contributed by atoms with Crippen LogP contribution in [-0.2, 0) is 66.4 Å². The third kappa shape index (κ3) is 10.8. The third-order valence-electron chi connectivity index (χ3n) is 19.1. The van der Waals surface area contributed by atoms with E-state index in [-0.39, 0.29) is 37.6 Å². The van der Waals surface area contributed by atoms with E-state index in [0.717, 1.165) is 11.1 Å². The van der Waals surface area contributed by atoms with Crippen LogP contribution in [0.4, 0.5) is 0 Å². The van der Waals surface area contributed by atoms with E-state index < -0.39 is 144 Å². The summed E-state index contributed by atoms with van der Waals surface area (Å²) in [6.07, 6.45) is -1.09. The molecule has 0 spiro atoms. The van der Waals surface area contributed by atoms with Gasteiger partial charge in [0.05, 0.1) is 54.9 Å². The number of aliphatic hydroxyl groups is 4. The second-order valence-corrected chi connectivity index (χ2v) is 23.3. The number of aliphatic hydroxyl groups excluding tert-OH is 2. The zero-order chi connectivity index (χ0) is 53.8. The van der Waals surface area contributed by atoms with Crippen LogP contribution in [0, 0.1) is 22.7 Å². The minimum absolute atomic E-state index is 0.0923. The molecule has 0 radical (unpaired) electrons. The Hall–Kier alpha value is -2.76. The topological polar surface area (TPSA) is 226 Å². The predicted molar refractivity (Wildman–Crippen MR) is 269 cm³/mol. The van der Waals surface area contributed by atoms with Crippen LogP contribution in [0.15, 0.2) is 48.1 Å². The molecule has 0 amide bonds. The molecule has 18 heteroatoms. The average molecular weight is 1060 g/mol. The summed E-state index contributed by atoms with van der Waals surface area (Å²) < 4.78 is 74.8. The fourth-order valence-corrected chi connectivity index (χ4v) is 14.8. The van der Waals surface area contributed by atoms with Crippen LogP contribution < -0.4 is 0 Å². The van der Waals surface area contributed by atoms with Crippen molar-refractivity contribution in [1.82, 2.24) is 0 Å². The number of benzene rings is 1. The summed E-state index contributed by atoms with van der Waals surface area (Å²) in [5.41, 5.74) is -3.05. The van der Waals surface area contributed by atoms with Crippen LogP contribution >= 0.6 is 0 Å². The molecule has 4 saturated heterocycles. The number of methoxy groups -OCH3 is 3. The Morgan fingerprint density at radius 3 is 1.81 bits per heavy atom. The fourth-order valence-electron chi connectivity index (χ4n) is 14.8. The maximum atomic E-state index is 13.6. The highest BCUT2D eigenvalue weighted by Gasteiger charge is 2.77. The highest BCUT2D eigenvalue weighted by atomic mass is 16.8. The van der Waals surface area contributed by atoms with Gasteiger partial charge in [0.2, 0.25) is 0 Å². The average Bonchev–Trinajstić information content (AvgIpc) is 3.82. The van der Waals surface area contributed by atoms with Gasteiger partial charge >= 0.3 is 5.97 Å². The number of hydrogen-bond donors (Lipinski definition) is 4. The zero-order valence-corrected chi connectivity index (χ0v) is 45.4. The number of hydrogen-bond acceptors (Lipinski definition) is 18. The lowest BCUT2D eigenvalue weighted by molar-refractivity contribution is -0.346. The van der Waals surface area contributed by atoms with Gasteiger partial charge in [-0.3, -0.25) is 4.79 Å². The van der Waals surface area contributed by atoms with Gasteiger partial charge in [0.1, 0.15) is 47.5 Å². The Bertz CT molecular complexity index is 2180. The molecule has 8 aliphatic rings. The van der Waals surface area contributed by atoms with Crippen molar-refractivity contribution in [2.45, 2.75) is 241 Å². The zero-order valence-electron chi connectivity index (χ0n) is 45.4. The van der Waals surface area contributed by atoms with Gasteiger partial charge in [-0.2, -0.15) is 0 Å². The predicted octanol–water partition coefficient (Wildman–Crippen LogP) is 5.47. The van der Waals surface area contributed by atoms with Crippen LogP contribution in [0.3, 0.4) is 0 Å². The normalized spacial score (nSPS) is 48.1. The van der Waals surface area contributed by atoms with Crippen LogP contribution in [0.5, 0.6) is 0 Å². The highest BCUT2D eigenvalue weighted by molar-refractivity contribution is 5.87. The van der Waals surface area contributed by atoms with Gasteiger partial charge in [-0.05, 0) is 96.6 Å². The number of carbonyl (C=O) groups is 2. The lowest BCUT2D eigenvalue weighted by atomic mass is 9.43. The third-order valence-corrected chi connectivity index (χ3v) is 19.1. The number of ketones is 1. The molecule has 24 atom stereocenters. The van der Waals surface area contributed by atoms with Crippen LogP contribution in [0.2, 0.25) is 0 Å². The van der Waals surface area contributed by atoms with E-state index in [1.165, 1.54) is 13.0 Å². The molecular weight excluding hydrogens is 973 g/mol. The molecule has 1 aromatic carbocycles. The summed E-state index contributed by atoms with van der Waals surface area (Å²) in [5.74, 6) is -1.71. The van der Waals surface area contributed by atoms with Gasteiger partial charge in [-0.1, -0.05) is 55.8 Å². The van der Waals surface area contributed by atoms with E-state index in [2.05, 4.69) is 13.0 Å². The first kappa shape index (κ1) is 56.9. The van der Waals surface area contributed by atoms with E-state index >= 15 is 0 Å².